The van der Waals surface area contributed by atoms with E-state index in [0.29, 0.717) is 13.2 Å². The first-order valence-corrected chi connectivity index (χ1v) is 6.10. The lowest BCUT2D eigenvalue weighted by molar-refractivity contribution is -0.120. The van der Waals surface area contributed by atoms with Gasteiger partial charge in [0.15, 0.2) is 0 Å². The van der Waals surface area contributed by atoms with Gasteiger partial charge >= 0.3 is 0 Å². The van der Waals surface area contributed by atoms with E-state index in [4.69, 9.17) is 4.74 Å². The van der Waals surface area contributed by atoms with Crippen molar-refractivity contribution in [2.45, 2.75) is 17.1 Å². The van der Waals surface area contributed by atoms with Crippen molar-refractivity contribution in [3.8, 4) is 0 Å². The quantitative estimate of drug-likeness (QED) is 0.609. The normalized spacial score (nSPS) is 12.1. The largest absolute Gasteiger partial charge is 0.383 e. The number of thioether (sulfide) groups is 1. The van der Waals surface area contributed by atoms with E-state index in [1.807, 2.05) is 37.3 Å². The lowest BCUT2D eigenvalue weighted by Gasteiger charge is -2.11. The maximum atomic E-state index is 11.6. The predicted molar refractivity (Wildman–Crippen MR) is 66.6 cm³/mol. The molecule has 1 unspecified atom stereocenters. The number of benzene rings is 1. The summed E-state index contributed by atoms with van der Waals surface area (Å²) in [7, 11) is 1.62. The summed E-state index contributed by atoms with van der Waals surface area (Å²) in [6.45, 7) is 3.02. The van der Waals surface area contributed by atoms with Crippen LogP contribution in [0.1, 0.15) is 6.92 Å². The molecule has 1 N–H and O–H groups in total. The summed E-state index contributed by atoms with van der Waals surface area (Å²) in [6, 6.07) is 9.91. The van der Waals surface area contributed by atoms with Gasteiger partial charge in [-0.15, -0.1) is 11.8 Å². The molecule has 0 radical (unpaired) electrons. The van der Waals surface area contributed by atoms with E-state index < -0.39 is 0 Å². The first-order chi connectivity index (χ1) is 7.74. The van der Waals surface area contributed by atoms with Gasteiger partial charge in [-0.3, -0.25) is 4.79 Å². The zero-order valence-corrected chi connectivity index (χ0v) is 10.4. The molecule has 0 aliphatic rings. The molecule has 0 bridgehead atoms. The minimum Gasteiger partial charge on any atom is -0.383 e. The van der Waals surface area contributed by atoms with Crippen LogP contribution in [0.4, 0.5) is 0 Å². The van der Waals surface area contributed by atoms with Crippen LogP contribution < -0.4 is 5.32 Å². The van der Waals surface area contributed by atoms with Crippen molar-refractivity contribution in [1.29, 1.82) is 0 Å². The second kappa shape index (κ2) is 7.30. The van der Waals surface area contributed by atoms with Crippen LogP contribution in [0.3, 0.4) is 0 Å². The van der Waals surface area contributed by atoms with E-state index in [1.54, 1.807) is 18.9 Å². The highest BCUT2D eigenvalue weighted by atomic mass is 32.2. The van der Waals surface area contributed by atoms with Crippen LogP contribution in [-0.2, 0) is 9.53 Å². The summed E-state index contributed by atoms with van der Waals surface area (Å²) in [5.41, 5.74) is 0. The van der Waals surface area contributed by atoms with Gasteiger partial charge in [0.2, 0.25) is 5.91 Å². The van der Waals surface area contributed by atoms with Crippen molar-refractivity contribution in [2.24, 2.45) is 0 Å². The van der Waals surface area contributed by atoms with Crippen molar-refractivity contribution in [3.63, 3.8) is 0 Å². The summed E-state index contributed by atoms with van der Waals surface area (Å²) in [5.74, 6) is 0.0471. The Labute approximate surface area is 101 Å². The fourth-order valence-corrected chi connectivity index (χ4v) is 2.09. The Morgan fingerprint density at radius 2 is 2.12 bits per heavy atom. The molecule has 1 aromatic rings. The summed E-state index contributed by atoms with van der Waals surface area (Å²) in [6.07, 6.45) is 0. The lowest BCUT2D eigenvalue weighted by Crippen LogP contribution is -2.33. The SMILES string of the molecule is COCCNC(=O)C(C)Sc1ccccc1. The zero-order chi connectivity index (χ0) is 11.8. The molecule has 1 aromatic carbocycles. The van der Waals surface area contributed by atoms with Crippen molar-refractivity contribution >= 4 is 17.7 Å². The fourth-order valence-electron chi connectivity index (χ4n) is 1.18. The van der Waals surface area contributed by atoms with E-state index in [-0.39, 0.29) is 11.2 Å². The fraction of sp³-hybridized carbons (Fsp3) is 0.417. The third kappa shape index (κ3) is 4.68. The molecule has 88 valence electrons. The number of nitrogens with one attached hydrogen (secondary N) is 1. The van der Waals surface area contributed by atoms with Gasteiger partial charge in [0.05, 0.1) is 11.9 Å². The molecule has 0 saturated heterocycles. The molecule has 3 nitrogen and oxygen atoms in total. The molecule has 1 amide bonds. The molecule has 1 rings (SSSR count). The van der Waals surface area contributed by atoms with Gasteiger partial charge in [-0.2, -0.15) is 0 Å². The van der Waals surface area contributed by atoms with Gasteiger partial charge in [0.1, 0.15) is 0 Å². The smallest absolute Gasteiger partial charge is 0.233 e. The Bertz CT molecular complexity index is 316. The maximum absolute atomic E-state index is 11.6. The van der Waals surface area contributed by atoms with Crippen LogP contribution in [0.15, 0.2) is 35.2 Å². The first-order valence-electron chi connectivity index (χ1n) is 5.22. The minimum atomic E-state index is -0.0840. The third-order valence-electron chi connectivity index (χ3n) is 2.03. The molecule has 0 fully saturated rings. The number of carbonyl (C=O) groups is 1. The molecule has 0 aromatic heterocycles. The third-order valence-corrected chi connectivity index (χ3v) is 3.14. The van der Waals surface area contributed by atoms with Crippen LogP contribution in [0.25, 0.3) is 0 Å². The van der Waals surface area contributed by atoms with E-state index in [0.717, 1.165) is 4.90 Å². The highest BCUT2D eigenvalue weighted by molar-refractivity contribution is 8.00. The zero-order valence-electron chi connectivity index (χ0n) is 9.60. The van der Waals surface area contributed by atoms with Gasteiger partial charge in [-0.05, 0) is 19.1 Å². The van der Waals surface area contributed by atoms with Crippen LogP contribution in [0.5, 0.6) is 0 Å². The van der Waals surface area contributed by atoms with Gasteiger partial charge in [0.25, 0.3) is 0 Å². The van der Waals surface area contributed by atoms with E-state index in [9.17, 15) is 4.79 Å². The molecule has 0 saturated carbocycles. The number of hydrogen-bond acceptors (Lipinski definition) is 3. The number of methoxy groups -OCH3 is 1. The summed E-state index contributed by atoms with van der Waals surface area (Å²) in [4.78, 5) is 12.7. The van der Waals surface area contributed by atoms with Crippen molar-refractivity contribution < 1.29 is 9.53 Å². The second-order valence-corrected chi connectivity index (χ2v) is 4.77. The van der Waals surface area contributed by atoms with Gasteiger partial charge in [-0.25, -0.2) is 0 Å². The Morgan fingerprint density at radius 3 is 2.75 bits per heavy atom. The van der Waals surface area contributed by atoms with E-state index in [1.165, 1.54) is 0 Å². The molecular weight excluding hydrogens is 222 g/mol. The maximum Gasteiger partial charge on any atom is 0.233 e. The molecule has 0 heterocycles. The number of hydrogen-bond donors (Lipinski definition) is 1. The molecule has 0 aliphatic carbocycles. The predicted octanol–water partition coefficient (Wildman–Crippen LogP) is 1.93. The Hall–Kier alpha value is -1.00. The average molecular weight is 239 g/mol. The van der Waals surface area contributed by atoms with Crippen LogP contribution in [0, 0.1) is 0 Å². The Balaban J connectivity index is 2.34. The summed E-state index contributed by atoms with van der Waals surface area (Å²) in [5, 5.41) is 2.73. The molecule has 16 heavy (non-hydrogen) atoms. The van der Waals surface area contributed by atoms with Gasteiger partial charge < -0.3 is 10.1 Å². The van der Waals surface area contributed by atoms with Gasteiger partial charge in [0, 0.05) is 18.6 Å². The second-order valence-electron chi connectivity index (χ2n) is 3.36. The van der Waals surface area contributed by atoms with Gasteiger partial charge in [-0.1, -0.05) is 18.2 Å². The topological polar surface area (TPSA) is 38.3 Å². The van der Waals surface area contributed by atoms with Crippen LogP contribution >= 0.6 is 11.8 Å². The highest BCUT2D eigenvalue weighted by Crippen LogP contribution is 2.22. The minimum absolute atomic E-state index is 0.0471. The van der Waals surface area contributed by atoms with Crippen molar-refractivity contribution in [1.82, 2.24) is 5.32 Å². The monoisotopic (exact) mass is 239 g/mol. The molecule has 4 heteroatoms. The Kier molecular flexibility index (Phi) is 5.96. The molecule has 0 spiro atoms. The first kappa shape index (κ1) is 13.1. The number of rotatable bonds is 6. The molecule has 1 atom stereocenters. The average Bonchev–Trinajstić information content (AvgIpc) is 2.30. The number of carbonyl (C=O) groups excluding carboxylic acids is 1. The van der Waals surface area contributed by atoms with Crippen molar-refractivity contribution in [2.75, 3.05) is 20.3 Å². The lowest BCUT2D eigenvalue weighted by atomic mass is 10.4. The summed E-state index contributed by atoms with van der Waals surface area (Å²) >= 11 is 1.56. The Morgan fingerprint density at radius 1 is 1.44 bits per heavy atom. The van der Waals surface area contributed by atoms with Crippen LogP contribution in [0.2, 0.25) is 0 Å². The highest BCUT2D eigenvalue weighted by Gasteiger charge is 2.13. The van der Waals surface area contributed by atoms with E-state index in [2.05, 4.69) is 5.32 Å². The molecular formula is C12H17NO2S. The number of ether oxygens (including phenoxy) is 1. The molecule has 0 aliphatic heterocycles. The number of amides is 1. The van der Waals surface area contributed by atoms with Crippen LogP contribution in [-0.4, -0.2) is 31.4 Å². The standard InChI is InChI=1S/C12H17NO2S/c1-10(12(14)13-8-9-15-2)16-11-6-4-3-5-7-11/h3-7,10H,8-9H2,1-2H3,(H,13,14). The van der Waals surface area contributed by atoms with Crippen molar-refractivity contribution in [3.05, 3.63) is 30.3 Å². The van der Waals surface area contributed by atoms with E-state index >= 15 is 0 Å². The summed E-state index contributed by atoms with van der Waals surface area (Å²) < 4.78 is 4.87.